The lowest BCUT2D eigenvalue weighted by molar-refractivity contribution is -0.112. The number of carboxylic acid groups (broad SMARTS) is 1. The number of carbonyl (C=O) groups is 2. The van der Waals surface area contributed by atoms with Gasteiger partial charge < -0.3 is 29.0 Å². The van der Waals surface area contributed by atoms with Crippen LogP contribution >= 0.6 is 0 Å². The highest BCUT2D eigenvalue weighted by atomic mass is 19.1. The molecule has 3 aromatic rings. The molecule has 0 spiro atoms. The molecule has 4 aliphatic rings. The van der Waals surface area contributed by atoms with E-state index in [1.807, 2.05) is 4.90 Å². The lowest BCUT2D eigenvalue weighted by Gasteiger charge is -2.37. The summed E-state index contributed by atoms with van der Waals surface area (Å²) >= 11 is 0. The molecule has 11 nitrogen and oxygen atoms in total. The van der Waals surface area contributed by atoms with Gasteiger partial charge in [-0.15, -0.1) is 0 Å². The molecule has 1 aromatic heterocycles. The minimum absolute atomic E-state index is 0.00849. The van der Waals surface area contributed by atoms with Gasteiger partial charge >= 0.3 is 5.97 Å². The van der Waals surface area contributed by atoms with Gasteiger partial charge in [-0.05, 0) is 69.3 Å². The largest absolute Gasteiger partial charge is 0.492 e. The predicted molar refractivity (Wildman–Crippen MR) is 167 cm³/mol. The third-order valence-electron chi connectivity index (χ3n) is 9.63. The summed E-state index contributed by atoms with van der Waals surface area (Å²) in [6.45, 7) is 4.85. The van der Waals surface area contributed by atoms with Gasteiger partial charge in [0.25, 0.3) is 5.91 Å². The van der Waals surface area contributed by atoms with Crippen LogP contribution in [-0.4, -0.2) is 84.6 Å². The number of methoxy groups -OCH3 is 1. The molecule has 1 amide bonds. The highest BCUT2D eigenvalue weighted by molar-refractivity contribution is 6.54. The number of ether oxygens (including phenoxy) is 1. The minimum Gasteiger partial charge on any atom is -0.492 e. The molecule has 2 saturated heterocycles. The lowest BCUT2D eigenvalue weighted by atomic mass is 9.92. The van der Waals surface area contributed by atoms with Gasteiger partial charge in [0.15, 0.2) is 17.3 Å². The Labute approximate surface area is 263 Å². The Morgan fingerprint density at radius 2 is 1.91 bits per heavy atom. The van der Waals surface area contributed by atoms with E-state index in [0.717, 1.165) is 38.3 Å². The lowest BCUT2D eigenvalue weighted by Crippen LogP contribution is -2.48. The van der Waals surface area contributed by atoms with Crippen molar-refractivity contribution in [2.24, 2.45) is 11.1 Å². The maximum Gasteiger partial charge on any atom is 0.341 e. The SMILES string of the molecule is CCO/N=C1\C(=O)N(CCN2CCC[C@H]3CN(c4c(F)cc5c(=O)c(C(=O)O)cn(C6CC6)c5c4OC)C[C@H]32)c2ccc(F)cc21. The number of benzene rings is 2. The molecule has 242 valence electrons. The zero-order valence-electron chi connectivity index (χ0n) is 25.7. The zero-order valence-corrected chi connectivity index (χ0v) is 25.7. The molecule has 3 fully saturated rings. The van der Waals surface area contributed by atoms with Crippen LogP contribution in [0, 0.1) is 17.6 Å². The van der Waals surface area contributed by atoms with Gasteiger partial charge in [0.2, 0.25) is 5.43 Å². The van der Waals surface area contributed by atoms with E-state index in [1.54, 1.807) is 22.5 Å². The molecular formula is C33H35F2N5O6. The van der Waals surface area contributed by atoms with E-state index in [0.29, 0.717) is 42.9 Å². The number of hydrogen-bond acceptors (Lipinski definition) is 8. The second-order valence-electron chi connectivity index (χ2n) is 12.3. The number of carboxylic acids is 1. The first-order valence-electron chi connectivity index (χ1n) is 15.7. The van der Waals surface area contributed by atoms with E-state index in [-0.39, 0.29) is 53.1 Å². The van der Waals surface area contributed by atoms with E-state index in [1.165, 1.54) is 25.4 Å². The number of anilines is 2. The molecule has 1 aliphatic carbocycles. The Morgan fingerprint density at radius 1 is 1.11 bits per heavy atom. The molecule has 0 radical (unpaired) electrons. The number of oxime groups is 1. The van der Waals surface area contributed by atoms with Crippen molar-refractivity contribution in [2.75, 3.05) is 56.2 Å². The van der Waals surface area contributed by atoms with Crippen molar-refractivity contribution < 1.29 is 33.1 Å². The third-order valence-corrected chi connectivity index (χ3v) is 9.63. The monoisotopic (exact) mass is 635 g/mol. The average Bonchev–Trinajstić information content (AvgIpc) is 3.73. The summed E-state index contributed by atoms with van der Waals surface area (Å²) in [7, 11) is 1.44. The first-order valence-corrected chi connectivity index (χ1v) is 15.7. The third kappa shape index (κ3) is 4.97. The first-order chi connectivity index (χ1) is 22.2. The van der Waals surface area contributed by atoms with Crippen LogP contribution in [0.1, 0.15) is 54.6 Å². The second kappa shape index (κ2) is 11.7. The van der Waals surface area contributed by atoms with Crippen molar-refractivity contribution in [2.45, 2.75) is 44.7 Å². The number of fused-ring (bicyclic) bond motifs is 3. The number of aromatic carboxylic acids is 1. The summed E-state index contributed by atoms with van der Waals surface area (Å²) in [4.78, 5) is 49.4. The summed E-state index contributed by atoms with van der Waals surface area (Å²) in [6, 6.07) is 5.46. The van der Waals surface area contributed by atoms with Crippen LogP contribution < -0.4 is 20.0 Å². The van der Waals surface area contributed by atoms with Gasteiger partial charge in [-0.2, -0.15) is 0 Å². The molecule has 1 N–H and O–H groups in total. The highest BCUT2D eigenvalue weighted by Crippen LogP contribution is 2.45. The van der Waals surface area contributed by atoms with Crippen LogP contribution in [0.2, 0.25) is 0 Å². The van der Waals surface area contributed by atoms with Crippen LogP contribution in [0.3, 0.4) is 0 Å². The summed E-state index contributed by atoms with van der Waals surface area (Å²) in [6.07, 6.45) is 4.91. The standard InChI is InChI=1S/C33H35F2N5O6/c1-3-46-36-27-21-13-19(34)6-9-25(21)39(32(27)42)12-11-37-10-4-5-18-15-38(17-26(18)37)29-24(35)14-22-28(31(29)45-2)40(20-7-8-20)16-23(30(22)41)33(43)44/h6,9,13-14,16,18,20,26H,3-5,7-8,10-12,15,17H2,1-2H3,(H,43,44)/b36-27-/t18-,26+/m0/s1. The van der Waals surface area contributed by atoms with Gasteiger partial charge in [-0.1, -0.05) is 5.16 Å². The fourth-order valence-corrected chi connectivity index (χ4v) is 7.41. The molecule has 0 bridgehead atoms. The molecule has 0 unspecified atom stereocenters. The van der Waals surface area contributed by atoms with Crippen LogP contribution in [0.4, 0.5) is 20.2 Å². The number of pyridine rings is 1. The molecule has 4 heterocycles. The van der Waals surface area contributed by atoms with Gasteiger partial charge in [0.1, 0.15) is 23.7 Å². The molecule has 7 rings (SSSR count). The number of piperidine rings is 1. The number of hydrogen-bond donors (Lipinski definition) is 1. The maximum absolute atomic E-state index is 16.0. The molecule has 3 aliphatic heterocycles. The topological polar surface area (TPSA) is 117 Å². The molecule has 1 saturated carbocycles. The van der Waals surface area contributed by atoms with E-state index < -0.39 is 28.6 Å². The van der Waals surface area contributed by atoms with E-state index >= 15 is 4.39 Å². The number of likely N-dealkylation sites (tertiary alicyclic amines) is 1. The van der Waals surface area contributed by atoms with Gasteiger partial charge in [-0.25, -0.2) is 13.6 Å². The van der Waals surface area contributed by atoms with Crippen LogP contribution in [0.5, 0.6) is 5.75 Å². The van der Waals surface area contributed by atoms with Crippen molar-refractivity contribution in [3.05, 3.63) is 63.4 Å². The summed E-state index contributed by atoms with van der Waals surface area (Å²) in [5.41, 5.74) is 0.623. The number of halogens is 2. The van der Waals surface area contributed by atoms with E-state index in [2.05, 4.69) is 10.1 Å². The predicted octanol–water partition coefficient (Wildman–Crippen LogP) is 4.01. The minimum atomic E-state index is -1.35. The molecule has 2 atom stereocenters. The summed E-state index contributed by atoms with van der Waals surface area (Å²) in [5, 5.41) is 13.6. The first kappa shape index (κ1) is 30.2. The Kier molecular flexibility index (Phi) is 7.66. The fourth-order valence-electron chi connectivity index (χ4n) is 7.41. The Hall–Kier alpha value is -4.52. The maximum atomic E-state index is 16.0. The van der Waals surface area contributed by atoms with Crippen LogP contribution in [0.25, 0.3) is 10.9 Å². The Balaban J connectivity index is 1.17. The van der Waals surface area contributed by atoms with Crippen LogP contribution in [0.15, 0.2) is 40.4 Å². The van der Waals surface area contributed by atoms with E-state index in [9.17, 15) is 23.9 Å². The number of carbonyl (C=O) groups excluding carboxylic acids is 1. The van der Waals surface area contributed by atoms with Gasteiger partial charge in [0.05, 0.1) is 23.7 Å². The van der Waals surface area contributed by atoms with E-state index in [4.69, 9.17) is 9.57 Å². The number of aromatic nitrogens is 1. The zero-order chi connectivity index (χ0) is 32.3. The number of rotatable bonds is 9. The Morgan fingerprint density at radius 3 is 2.63 bits per heavy atom. The average molecular weight is 636 g/mol. The van der Waals surface area contributed by atoms with Gasteiger partial charge in [-0.3, -0.25) is 14.5 Å². The molecule has 13 heteroatoms. The summed E-state index contributed by atoms with van der Waals surface area (Å²) < 4.78 is 37.7. The normalized spacial score (nSPS) is 22.1. The fraction of sp³-hybridized carbons (Fsp3) is 0.455. The second-order valence-corrected chi connectivity index (χ2v) is 12.3. The quantitative estimate of drug-likeness (QED) is 0.351. The number of nitrogens with zero attached hydrogens (tertiary/aromatic N) is 5. The molecule has 46 heavy (non-hydrogen) atoms. The highest BCUT2D eigenvalue weighted by Gasteiger charge is 2.42. The van der Waals surface area contributed by atoms with Crippen LogP contribution in [-0.2, 0) is 9.63 Å². The van der Waals surface area contributed by atoms with Gasteiger partial charge in [0, 0.05) is 50.0 Å². The van der Waals surface area contributed by atoms with Crippen molar-refractivity contribution in [3.8, 4) is 5.75 Å². The van der Waals surface area contributed by atoms with Crippen molar-refractivity contribution in [3.63, 3.8) is 0 Å². The Bertz CT molecular complexity index is 1840. The van der Waals surface area contributed by atoms with Crippen molar-refractivity contribution >= 4 is 39.9 Å². The van der Waals surface area contributed by atoms with Crippen molar-refractivity contribution in [1.29, 1.82) is 0 Å². The number of amides is 1. The molecular weight excluding hydrogens is 600 g/mol. The summed E-state index contributed by atoms with van der Waals surface area (Å²) in [5.74, 6) is -2.32. The smallest absolute Gasteiger partial charge is 0.341 e. The van der Waals surface area contributed by atoms with Crippen molar-refractivity contribution in [1.82, 2.24) is 9.47 Å². The molecule has 2 aromatic carbocycles.